The maximum atomic E-state index is 12.8. The average Bonchev–Trinajstić information content (AvgIpc) is 3.10. The summed E-state index contributed by atoms with van der Waals surface area (Å²) >= 11 is 1.12. The number of benzene rings is 2. The Morgan fingerprint density at radius 3 is 2.32 bits per heavy atom. The summed E-state index contributed by atoms with van der Waals surface area (Å²) in [5, 5.41) is 18.1. The van der Waals surface area contributed by atoms with Crippen LogP contribution in [0, 0.1) is 18.3 Å². The Kier molecular flexibility index (Phi) is 5.43. The van der Waals surface area contributed by atoms with E-state index in [9.17, 15) is 9.59 Å². The van der Waals surface area contributed by atoms with Crippen LogP contribution in [0.3, 0.4) is 0 Å². The molecule has 3 aromatic rings. The first-order chi connectivity index (χ1) is 13.4. The minimum absolute atomic E-state index is 0.106. The third-order valence-corrected chi connectivity index (χ3v) is 5.17. The zero-order valence-electron chi connectivity index (χ0n) is 15.2. The summed E-state index contributed by atoms with van der Waals surface area (Å²) in [6, 6.07) is 17.8. The van der Waals surface area contributed by atoms with Gasteiger partial charge in [0.05, 0.1) is 17.3 Å². The molecular formula is C21H16N2O4S. The third-order valence-electron chi connectivity index (χ3n) is 4.12. The first-order valence-electron chi connectivity index (χ1n) is 8.29. The van der Waals surface area contributed by atoms with Gasteiger partial charge in [-0.2, -0.15) is 5.26 Å². The predicted octanol–water partition coefficient (Wildman–Crippen LogP) is 4.93. The van der Waals surface area contributed by atoms with Gasteiger partial charge in [0.1, 0.15) is 0 Å². The fourth-order valence-corrected chi connectivity index (χ4v) is 3.64. The highest BCUT2D eigenvalue weighted by Crippen LogP contribution is 2.43. The second kappa shape index (κ2) is 7.94. The van der Waals surface area contributed by atoms with Crippen molar-refractivity contribution in [3.05, 3.63) is 71.3 Å². The Morgan fingerprint density at radius 2 is 1.75 bits per heavy atom. The summed E-state index contributed by atoms with van der Waals surface area (Å²) in [4.78, 5) is 26.0. The Hall–Kier alpha value is -3.63. The largest absolute Gasteiger partial charge is 0.512 e. The minimum Gasteiger partial charge on any atom is -0.449 e. The van der Waals surface area contributed by atoms with Crippen LogP contribution in [0.25, 0.3) is 10.4 Å². The molecule has 6 nitrogen and oxygen atoms in total. The number of carbonyl (C=O) groups is 2. The summed E-state index contributed by atoms with van der Waals surface area (Å²) in [5.74, 6) is -0.278. The number of rotatable bonds is 4. The maximum Gasteiger partial charge on any atom is 0.512 e. The number of nitriles is 1. The number of carbonyl (C=O) groups excluding carboxylic acids is 1. The quantitative estimate of drug-likeness (QED) is 0.636. The molecule has 0 aliphatic heterocycles. The molecule has 2 aromatic carbocycles. The van der Waals surface area contributed by atoms with Crippen molar-refractivity contribution in [2.75, 3.05) is 11.9 Å². The van der Waals surface area contributed by atoms with Gasteiger partial charge in [-0.3, -0.25) is 4.79 Å². The highest BCUT2D eigenvalue weighted by atomic mass is 32.1. The highest BCUT2D eigenvalue weighted by molar-refractivity contribution is 7.18. The van der Waals surface area contributed by atoms with Crippen LogP contribution in [0.2, 0.25) is 0 Å². The van der Waals surface area contributed by atoms with Crippen LogP contribution in [-0.4, -0.2) is 24.2 Å². The molecule has 0 aliphatic carbocycles. The van der Waals surface area contributed by atoms with Crippen molar-refractivity contribution in [2.24, 2.45) is 0 Å². The van der Waals surface area contributed by atoms with E-state index in [4.69, 9.17) is 15.1 Å². The summed E-state index contributed by atoms with van der Waals surface area (Å²) in [5.41, 5.74) is 3.20. The van der Waals surface area contributed by atoms with Crippen LogP contribution < -0.4 is 9.64 Å². The molecular weight excluding hydrogens is 376 g/mol. The molecule has 28 heavy (non-hydrogen) atoms. The van der Waals surface area contributed by atoms with Crippen molar-refractivity contribution in [3.63, 3.8) is 0 Å². The van der Waals surface area contributed by atoms with Gasteiger partial charge in [0.2, 0.25) is 5.06 Å². The monoisotopic (exact) mass is 392 g/mol. The fourth-order valence-electron chi connectivity index (χ4n) is 2.60. The number of amides is 1. The lowest BCUT2D eigenvalue weighted by atomic mass is 10.1. The standard InChI is InChI=1S/C21H16N2O4S/c1-13-3-7-16(8-4-13)19(24)23(2)17-11-18(28-20(17)27-21(25)26)15-9-5-14(12-22)6-10-15/h3-11H,1-2H3,(H,25,26). The van der Waals surface area contributed by atoms with Gasteiger partial charge >= 0.3 is 6.16 Å². The summed E-state index contributed by atoms with van der Waals surface area (Å²) in [6.45, 7) is 1.93. The topological polar surface area (TPSA) is 90.6 Å². The van der Waals surface area contributed by atoms with Crippen LogP contribution in [0.5, 0.6) is 5.06 Å². The van der Waals surface area contributed by atoms with Crippen molar-refractivity contribution in [3.8, 4) is 21.6 Å². The van der Waals surface area contributed by atoms with E-state index in [0.29, 0.717) is 16.8 Å². The van der Waals surface area contributed by atoms with Gasteiger partial charge in [-0.05, 0) is 42.8 Å². The van der Waals surface area contributed by atoms with Crippen LogP contribution in [0.1, 0.15) is 21.5 Å². The van der Waals surface area contributed by atoms with E-state index in [1.54, 1.807) is 49.5 Å². The number of thiophene rings is 1. The molecule has 0 bridgehead atoms. The molecule has 140 valence electrons. The lowest BCUT2D eigenvalue weighted by molar-refractivity contribution is 0.0991. The molecule has 0 spiro atoms. The molecule has 0 aliphatic rings. The molecule has 0 radical (unpaired) electrons. The molecule has 1 amide bonds. The molecule has 7 heteroatoms. The average molecular weight is 392 g/mol. The summed E-state index contributed by atoms with van der Waals surface area (Å²) < 4.78 is 4.91. The molecule has 0 saturated carbocycles. The molecule has 1 aromatic heterocycles. The van der Waals surface area contributed by atoms with Crippen molar-refractivity contribution < 1.29 is 19.4 Å². The number of aryl methyl sites for hydroxylation is 1. The van der Waals surface area contributed by atoms with Gasteiger partial charge in [-0.1, -0.05) is 41.2 Å². The zero-order chi connectivity index (χ0) is 20.3. The molecule has 0 unspecified atom stereocenters. The first-order valence-corrected chi connectivity index (χ1v) is 9.10. The minimum atomic E-state index is -1.45. The van der Waals surface area contributed by atoms with Gasteiger partial charge in [0, 0.05) is 17.5 Å². The van der Waals surface area contributed by atoms with Crippen LogP contribution in [-0.2, 0) is 0 Å². The van der Waals surface area contributed by atoms with Crippen LogP contribution >= 0.6 is 11.3 Å². The van der Waals surface area contributed by atoms with Gasteiger partial charge in [0.25, 0.3) is 5.91 Å². The Morgan fingerprint density at radius 1 is 1.11 bits per heavy atom. The number of carboxylic acid groups (broad SMARTS) is 1. The number of anilines is 1. The van der Waals surface area contributed by atoms with Crippen molar-refractivity contribution in [1.29, 1.82) is 5.26 Å². The number of nitrogens with zero attached hydrogens (tertiary/aromatic N) is 2. The zero-order valence-corrected chi connectivity index (χ0v) is 16.0. The molecule has 1 N–H and O–H groups in total. The molecule has 1 heterocycles. The number of hydrogen-bond acceptors (Lipinski definition) is 5. The fraction of sp³-hybridized carbons (Fsp3) is 0.0952. The van der Waals surface area contributed by atoms with Gasteiger partial charge < -0.3 is 14.7 Å². The first kappa shape index (κ1) is 19.1. The Bertz CT molecular complexity index is 1060. The number of hydrogen-bond donors (Lipinski definition) is 1. The number of ether oxygens (including phenoxy) is 1. The molecule has 3 rings (SSSR count). The van der Waals surface area contributed by atoms with Crippen molar-refractivity contribution in [2.45, 2.75) is 6.92 Å². The lowest BCUT2D eigenvalue weighted by Crippen LogP contribution is -2.26. The van der Waals surface area contributed by atoms with E-state index >= 15 is 0 Å². The van der Waals surface area contributed by atoms with Crippen molar-refractivity contribution in [1.82, 2.24) is 0 Å². The smallest absolute Gasteiger partial charge is 0.449 e. The van der Waals surface area contributed by atoms with E-state index in [-0.39, 0.29) is 11.0 Å². The SMILES string of the molecule is Cc1ccc(C(=O)N(C)c2cc(-c3ccc(C#N)cc3)sc2OC(=O)O)cc1. The molecule has 0 atom stereocenters. The van der Waals surface area contributed by atoms with Crippen LogP contribution in [0.15, 0.2) is 54.6 Å². The van der Waals surface area contributed by atoms with E-state index < -0.39 is 6.16 Å². The summed E-state index contributed by atoms with van der Waals surface area (Å²) in [7, 11) is 1.57. The van der Waals surface area contributed by atoms with E-state index in [1.807, 2.05) is 19.1 Å². The third kappa shape index (κ3) is 4.03. The lowest BCUT2D eigenvalue weighted by Gasteiger charge is -2.17. The summed E-state index contributed by atoms with van der Waals surface area (Å²) in [6.07, 6.45) is -1.45. The molecule has 0 saturated heterocycles. The predicted molar refractivity (Wildman–Crippen MR) is 107 cm³/mol. The molecule has 0 fully saturated rings. The highest BCUT2D eigenvalue weighted by Gasteiger charge is 2.22. The van der Waals surface area contributed by atoms with E-state index in [1.165, 1.54) is 4.90 Å². The van der Waals surface area contributed by atoms with Gasteiger partial charge in [-0.15, -0.1) is 0 Å². The van der Waals surface area contributed by atoms with Gasteiger partial charge in [0.15, 0.2) is 0 Å². The second-order valence-corrected chi connectivity index (χ2v) is 7.09. The van der Waals surface area contributed by atoms with Gasteiger partial charge in [-0.25, -0.2) is 4.79 Å². The van der Waals surface area contributed by atoms with Crippen molar-refractivity contribution >= 4 is 29.1 Å². The van der Waals surface area contributed by atoms with E-state index in [0.717, 1.165) is 27.3 Å². The second-order valence-electron chi connectivity index (χ2n) is 6.07. The normalized spacial score (nSPS) is 10.2. The van der Waals surface area contributed by atoms with Crippen LogP contribution in [0.4, 0.5) is 10.5 Å². The Labute approximate surface area is 165 Å². The maximum absolute atomic E-state index is 12.8. The van der Waals surface area contributed by atoms with E-state index in [2.05, 4.69) is 6.07 Å². The Balaban J connectivity index is 1.99.